The quantitative estimate of drug-likeness (QED) is 0.667. The van der Waals surface area contributed by atoms with Gasteiger partial charge in [-0.05, 0) is 44.7 Å². The lowest BCUT2D eigenvalue weighted by Crippen LogP contribution is -2.44. The van der Waals surface area contributed by atoms with Crippen LogP contribution in [0.1, 0.15) is 32.1 Å². The molecule has 0 spiro atoms. The molecule has 1 aliphatic heterocycles. The Bertz CT molecular complexity index is 256. The Hall–Kier alpha value is -0.830. The van der Waals surface area contributed by atoms with Crippen molar-refractivity contribution in [3.63, 3.8) is 0 Å². The van der Waals surface area contributed by atoms with E-state index < -0.39 is 0 Å². The Morgan fingerprint density at radius 2 is 2.40 bits per heavy atom. The first-order valence-electron chi connectivity index (χ1n) is 6.00. The van der Waals surface area contributed by atoms with Crippen LogP contribution in [0.3, 0.4) is 0 Å². The van der Waals surface area contributed by atoms with Crippen molar-refractivity contribution in [1.29, 1.82) is 0 Å². The zero-order chi connectivity index (χ0) is 10.5. The lowest BCUT2D eigenvalue weighted by Gasteiger charge is -2.26. The molecule has 0 saturated carbocycles. The minimum atomic E-state index is 0.222. The van der Waals surface area contributed by atoms with Gasteiger partial charge in [0.1, 0.15) is 0 Å². The van der Waals surface area contributed by atoms with E-state index in [0.29, 0.717) is 12.3 Å². The second-order valence-corrected chi connectivity index (χ2v) is 4.58. The van der Waals surface area contributed by atoms with Crippen LogP contribution in [0.25, 0.3) is 0 Å². The maximum Gasteiger partial charge on any atom is 0.220 e. The van der Waals surface area contributed by atoms with Crippen LogP contribution in [0.2, 0.25) is 0 Å². The lowest BCUT2D eigenvalue weighted by atomic mass is 9.99. The average molecular weight is 208 g/mol. The van der Waals surface area contributed by atoms with Gasteiger partial charge in [0.05, 0.1) is 0 Å². The van der Waals surface area contributed by atoms with Crippen molar-refractivity contribution in [2.75, 3.05) is 19.6 Å². The molecular formula is C12H20N2O. The molecule has 2 aliphatic rings. The summed E-state index contributed by atoms with van der Waals surface area (Å²) in [6, 6.07) is 0. The monoisotopic (exact) mass is 208 g/mol. The highest BCUT2D eigenvalue weighted by Gasteiger charge is 2.19. The van der Waals surface area contributed by atoms with E-state index in [-0.39, 0.29) is 5.91 Å². The fraction of sp³-hybridized carbons (Fsp3) is 0.750. The maximum absolute atomic E-state index is 11.5. The summed E-state index contributed by atoms with van der Waals surface area (Å²) in [4.78, 5) is 11.5. The third kappa shape index (κ3) is 3.34. The third-order valence-electron chi connectivity index (χ3n) is 3.24. The van der Waals surface area contributed by atoms with Gasteiger partial charge in [-0.25, -0.2) is 0 Å². The molecule has 0 bridgehead atoms. The number of carbonyl (C=O) groups is 1. The van der Waals surface area contributed by atoms with Crippen molar-refractivity contribution in [2.24, 2.45) is 5.92 Å². The second kappa shape index (κ2) is 5.31. The van der Waals surface area contributed by atoms with Crippen molar-refractivity contribution < 1.29 is 4.79 Å². The molecule has 3 nitrogen and oxygen atoms in total. The smallest absolute Gasteiger partial charge is 0.220 e. The molecule has 2 rings (SSSR count). The van der Waals surface area contributed by atoms with E-state index in [9.17, 15) is 4.79 Å². The van der Waals surface area contributed by atoms with E-state index in [0.717, 1.165) is 26.1 Å². The Balaban J connectivity index is 1.54. The van der Waals surface area contributed by atoms with Crippen LogP contribution >= 0.6 is 0 Å². The largest absolute Gasteiger partial charge is 0.356 e. The number of carbonyl (C=O) groups excluding carboxylic acids is 1. The van der Waals surface area contributed by atoms with Crippen LogP contribution in [0.5, 0.6) is 0 Å². The highest BCUT2D eigenvalue weighted by Crippen LogP contribution is 2.19. The molecule has 1 heterocycles. The Morgan fingerprint density at radius 3 is 3.00 bits per heavy atom. The van der Waals surface area contributed by atoms with Crippen LogP contribution in [0, 0.1) is 5.92 Å². The van der Waals surface area contributed by atoms with Crippen LogP contribution in [-0.4, -0.2) is 25.5 Å². The molecule has 15 heavy (non-hydrogen) atoms. The van der Waals surface area contributed by atoms with E-state index in [1.807, 2.05) is 0 Å². The molecule has 0 aromatic heterocycles. The van der Waals surface area contributed by atoms with Gasteiger partial charge in [-0.1, -0.05) is 11.6 Å². The summed E-state index contributed by atoms with van der Waals surface area (Å²) in [6.07, 6.45) is 7.85. The standard InChI is InChI=1S/C12H20N2O/c15-12(7-11-8-13-9-11)14-6-5-10-3-1-2-4-10/h3,11,13H,1-2,4-9H2,(H,14,15). The van der Waals surface area contributed by atoms with Crippen LogP contribution < -0.4 is 10.6 Å². The van der Waals surface area contributed by atoms with E-state index >= 15 is 0 Å². The fourth-order valence-electron chi connectivity index (χ4n) is 2.15. The zero-order valence-electron chi connectivity index (χ0n) is 9.22. The topological polar surface area (TPSA) is 41.1 Å². The van der Waals surface area contributed by atoms with Gasteiger partial charge in [0.25, 0.3) is 0 Å². The summed E-state index contributed by atoms with van der Waals surface area (Å²) in [6.45, 7) is 2.85. The van der Waals surface area contributed by atoms with E-state index in [2.05, 4.69) is 16.7 Å². The van der Waals surface area contributed by atoms with Gasteiger partial charge in [-0.2, -0.15) is 0 Å². The molecule has 1 saturated heterocycles. The van der Waals surface area contributed by atoms with Gasteiger partial charge in [0, 0.05) is 13.0 Å². The number of amides is 1. The van der Waals surface area contributed by atoms with E-state index in [4.69, 9.17) is 0 Å². The summed E-state index contributed by atoms with van der Waals surface area (Å²) >= 11 is 0. The molecule has 0 aromatic carbocycles. The SMILES string of the molecule is O=C(CC1CNC1)NCCC1=CCCC1. The fourth-order valence-corrected chi connectivity index (χ4v) is 2.15. The Labute approximate surface area is 91.3 Å². The van der Waals surface area contributed by atoms with Crippen LogP contribution in [-0.2, 0) is 4.79 Å². The van der Waals surface area contributed by atoms with Crippen molar-refractivity contribution in [3.05, 3.63) is 11.6 Å². The number of rotatable bonds is 5. The molecule has 2 N–H and O–H groups in total. The molecule has 0 atom stereocenters. The molecule has 0 aromatic rings. The van der Waals surface area contributed by atoms with Gasteiger partial charge < -0.3 is 10.6 Å². The minimum Gasteiger partial charge on any atom is -0.356 e. The molecular weight excluding hydrogens is 188 g/mol. The molecule has 84 valence electrons. The van der Waals surface area contributed by atoms with Crippen molar-refractivity contribution in [3.8, 4) is 0 Å². The second-order valence-electron chi connectivity index (χ2n) is 4.58. The van der Waals surface area contributed by atoms with Crippen LogP contribution in [0.15, 0.2) is 11.6 Å². The minimum absolute atomic E-state index is 0.222. The molecule has 0 unspecified atom stereocenters. The first-order chi connectivity index (χ1) is 7.34. The van der Waals surface area contributed by atoms with Gasteiger partial charge >= 0.3 is 0 Å². The van der Waals surface area contributed by atoms with Gasteiger partial charge in [0.15, 0.2) is 0 Å². The first kappa shape index (κ1) is 10.7. The van der Waals surface area contributed by atoms with Crippen molar-refractivity contribution in [1.82, 2.24) is 10.6 Å². The molecule has 1 aliphatic carbocycles. The summed E-state index contributed by atoms with van der Waals surface area (Å²) in [5.74, 6) is 0.802. The molecule has 3 heteroatoms. The van der Waals surface area contributed by atoms with E-state index in [1.54, 1.807) is 0 Å². The highest BCUT2D eigenvalue weighted by atomic mass is 16.1. The average Bonchev–Trinajstić information content (AvgIpc) is 2.64. The van der Waals surface area contributed by atoms with Crippen molar-refractivity contribution in [2.45, 2.75) is 32.1 Å². The predicted octanol–water partition coefficient (Wildman–Crippen LogP) is 1.21. The maximum atomic E-state index is 11.5. The predicted molar refractivity (Wildman–Crippen MR) is 60.5 cm³/mol. The number of hydrogen-bond acceptors (Lipinski definition) is 2. The summed E-state index contributed by atoms with van der Waals surface area (Å²) < 4.78 is 0. The normalized spacial score (nSPS) is 20.9. The van der Waals surface area contributed by atoms with Crippen LogP contribution in [0.4, 0.5) is 0 Å². The lowest BCUT2D eigenvalue weighted by molar-refractivity contribution is -0.122. The van der Waals surface area contributed by atoms with Crippen molar-refractivity contribution >= 4 is 5.91 Å². The van der Waals surface area contributed by atoms with Gasteiger partial charge in [-0.3, -0.25) is 4.79 Å². The Morgan fingerprint density at radius 1 is 1.53 bits per heavy atom. The molecule has 0 radical (unpaired) electrons. The summed E-state index contributed by atoms with van der Waals surface area (Å²) in [7, 11) is 0. The molecule has 1 fully saturated rings. The number of hydrogen-bond donors (Lipinski definition) is 2. The summed E-state index contributed by atoms with van der Waals surface area (Å²) in [5, 5.41) is 6.18. The van der Waals surface area contributed by atoms with Gasteiger partial charge in [0.2, 0.25) is 5.91 Å². The van der Waals surface area contributed by atoms with E-state index in [1.165, 1.54) is 24.8 Å². The summed E-state index contributed by atoms with van der Waals surface area (Å²) in [5.41, 5.74) is 1.53. The zero-order valence-corrected chi connectivity index (χ0v) is 9.22. The molecule has 1 amide bonds. The third-order valence-corrected chi connectivity index (χ3v) is 3.24. The number of allylic oxidation sites excluding steroid dienone is 1. The van der Waals surface area contributed by atoms with Gasteiger partial charge in [-0.15, -0.1) is 0 Å². The highest BCUT2D eigenvalue weighted by molar-refractivity contribution is 5.76. The Kier molecular flexibility index (Phi) is 3.78. The first-order valence-corrected chi connectivity index (χ1v) is 6.00. The number of nitrogens with one attached hydrogen (secondary N) is 2.